The van der Waals surface area contributed by atoms with Crippen LogP contribution in [0.5, 0.6) is 0 Å². The average molecular weight is 370 g/mol. The lowest BCUT2D eigenvalue weighted by molar-refractivity contribution is 0.00495. The Morgan fingerprint density at radius 3 is 2.81 bits per heavy atom. The summed E-state index contributed by atoms with van der Waals surface area (Å²) in [5.74, 6) is 0.584. The van der Waals surface area contributed by atoms with Crippen LogP contribution >= 0.6 is 0 Å². The summed E-state index contributed by atoms with van der Waals surface area (Å²) in [6.45, 7) is 1.52. The minimum Gasteiger partial charge on any atom is -0.439 e. The molecule has 2 aliphatic heterocycles. The number of aromatic nitrogens is 3. The minimum absolute atomic E-state index is 0.227. The number of nitrogens with zero attached hydrogens (tertiary/aromatic N) is 5. The van der Waals surface area contributed by atoms with E-state index < -0.39 is 5.60 Å². The van der Waals surface area contributed by atoms with Crippen molar-refractivity contribution in [2.24, 2.45) is 7.05 Å². The zero-order chi connectivity index (χ0) is 19.0. The van der Waals surface area contributed by atoms with E-state index in [4.69, 9.17) is 4.74 Å². The minimum atomic E-state index is -0.604. The van der Waals surface area contributed by atoms with Gasteiger partial charge < -0.3 is 14.5 Å². The monoisotopic (exact) mass is 370 g/mol. The number of carbonyl (C=O) groups is 2. The number of likely N-dealkylation sites (tertiary alicyclic amines) is 1. The highest BCUT2D eigenvalue weighted by Gasteiger charge is 2.47. The van der Waals surface area contributed by atoms with Crippen molar-refractivity contribution in [3.05, 3.63) is 30.5 Å². The van der Waals surface area contributed by atoms with Gasteiger partial charge in [-0.3, -0.25) is 15.0 Å². The predicted octanol–water partition coefficient (Wildman–Crippen LogP) is 1.93. The molecular weight excluding hydrogens is 348 g/mol. The molecule has 0 aliphatic carbocycles. The van der Waals surface area contributed by atoms with Gasteiger partial charge in [0.05, 0.1) is 18.8 Å². The molecule has 4 rings (SSSR count). The Hall–Kier alpha value is -3.10. The van der Waals surface area contributed by atoms with Crippen molar-refractivity contribution in [2.45, 2.75) is 18.4 Å². The lowest BCUT2D eigenvalue weighted by atomic mass is 9.93. The third kappa shape index (κ3) is 3.32. The number of nitrogens with one attached hydrogen (secondary N) is 1. The van der Waals surface area contributed by atoms with E-state index in [1.165, 1.54) is 0 Å². The lowest BCUT2D eigenvalue weighted by Crippen LogP contribution is -2.53. The number of hydrogen-bond donors (Lipinski definition) is 1. The van der Waals surface area contributed by atoms with E-state index >= 15 is 0 Å². The molecule has 27 heavy (non-hydrogen) atoms. The van der Waals surface area contributed by atoms with Crippen molar-refractivity contribution >= 4 is 17.9 Å². The molecular formula is C18H22N6O3. The molecule has 4 heterocycles. The Morgan fingerprint density at radius 1 is 1.26 bits per heavy atom. The first-order chi connectivity index (χ1) is 13.0. The van der Waals surface area contributed by atoms with Gasteiger partial charge in [0.25, 0.3) is 0 Å². The molecule has 9 heteroatoms. The lowest BCUT2D eigenvalue weighted by Gasteiger charge is -2.38. The van der Waals surface area contributed by atoms with Crippen LogP contribution in [-0.2, 0) is 11.8 Å². The van der Waals surface area contributed by atoms with Crippen LogP contribution in [-0.4, -0.2) is 69.0 Å². The van der Waals surface area contributed by atoms with Crippen LogP contribution in [0.25, 0.3) is 11.4 Å². The largest absolute Gasteiger partial charge is 0.439 e. The third-order valence-corrected chi connectivity index (χ3v) is 5.01. The number of hydrogen-bond acceptors (Lipinski definition) is 5. The van der Waals surface area contributed by atoms with Gasteiger partial charge in [-0.1, -0.05) is 6.07 Å². The Kier molecular flexibility index (Phi) is 4.21. The van der Waals surface area contributed by atoms with Crippen LogP contribution < -0.4 is 5.32 Å². The van der Waals surface area contributed by atoms with Crippen molar-refractivity contribution in [2.75, 3.05) is 32.0 Å². The molecule has 2 aromatic rings. The molecule has 0 saturated carbocycles. The quantitative estimate of drug-likeness (QED) is 0.872. The first kappa shape index (κ1) is 17.3. The number of anilines is 1. The number of likely N-dealkylation sites (N-methyl/N-ethyl adjacent to an activating group) is 1. The second-order valence-corrected chi connectivity index (χ2v) is 7.12. The number of ether oxygens (including phenoxy) is 1. The van der Waals surface area contributed by atoms with Crippen LogP contribution in [0, 0.1) is 0 Å². The number of urea groups is 1. The Bertz CT molecular complexity index is 867. The molecule has 0 bridgehead atoms. The van der Waals surface area contributed by atoms with E-state index in [1.807, 2.05) is 18.2 Å². The van der Waals surface area contributed by atoms with Gasteiger partial charge >= 0.3 is 12.1 Å². The molecule has 1 N–H and O–H groups in total. The standard InChI is InChI=1S/C18H22N6O3/c1-22-11-18(27-17(22)26)7-5-9-24(12-18)16(25)20-15-10-14(21-23(15)2)13-6-3-4-8-19-13/h3-4,6,8,10H,5,7,9,11-12H2,1-2H3,(H,20,25)/t18-/m0/s1. The molecule has 3 amide bonds. The highest BCUT2D eigenvalue weighted by molar-refractivity contribution is 5.89. The maximum Gasteiger partial charge on any atom is 0.410 e. The van der Waals surface area contributed by atoms with Crippen molar-refractivity contribution in [1.29, 1.82) is 0 Å². The van der Waals surface area contributed by atoms with Gasteiger partial charge in [-0.05, 0) is 25.0 Å². The summed E-state index contributed by atoms with van der Waals surface area (Å²) in [6, 6.07) is 7.17. The summed E-state index contributed by atoms with van der Waals surface area (Å²) in [5, 5.41) is 7.32. The molecule has 2 fully saturated rings. The maximum atomic E-state index is 12.8. The highest BCUT2D eigenvalue weighted by atomic mass is 16.6. The van der Waals surface area contributed by atoms with Crippen LogP contribution in [0.15, 0.2) is 30.5 Å². The average Bonchev–Trinajstić information content (AvgIpc) is 3.15. The fraction of sp³-hybridized carbons (Fsp3) is 0.444. The summed E-state index contributed by atoms with van der Waals surface area (Å²) < 4.78 is 7.17. The van der Waals surface area contributed by atoms with Gasteiger partial charge in [0, 0.05) is 32.9 Å². The van der Waals surface area contributed by atoms with E-state index in [9.17, 15) is 9.59 Å². The van der Waals surface area contributed by atoms with Crippen molar-refractivity contribution in [1.82, 2.24) is 24.6 Å². The predicted molar refractivity (Wildman–Crippen MR) is 98.1 cm³/mol. The summed E-state index contributed by atoms with van der Waals surface area (Å²) in [6.07, 6.45) is 2.93. The zero-order valence-corrected chi connectivity index (χ0v) is 15.4. The number of amides is 3. The second-order valence-electron chi connectivity index (χ2n) is 7.12. The van der Waals surface area contributed by atoms with Gasteiger partial charge in [0.15, 0.2) is 0 Å². The number of carbonyl (C=O) groups excluding carboxylic acids is 2. The molecule has 2 aromatic heterocycles. The molecule has 0 aromatic carbocycles. The van der Waals surface area contributed by atoms with Gasteiger partial charge in [-0.25, -0.2) is 9.59 Å². The van der Waals surface area contributed by atoms with Gasteiger partial charge in [-0.15, -0.1) is 0 Å². The SMILES string of the molecule is CN1C[C@]2(CCCN(C(=O)Nc3cc(-c4ccccn4)nn3C)C2)OC1=O. The van der Waals surface area contributed by atoms with E-state index in [0.29, 0.717) is 31.1 Å². The first-order valence-electron chi connectivity index (χ1n) is 8.91. The summed E-state index contributed by atoms with van der Waals surface area (Å²) >= 11 is 0. The Balaban J connectivity index is 1.46. The van der Waals surface area contributed by atoms with Crippen molar-refractivity contribution in [3.63, 3.8) is 0 Å². The van der Waals surface area contributed by atoms with Crippen LogP contribution in [0.4, 0.5) is 15.4 Å². The molecule has 1 atom stereocenters. The van der Waals surface area contributed by atoms with E-state index in [-0.39, 0.29) is 12.1 Å². The molecule has 0 unspecified atom stereocenters. The highest BCUT2D eigenvalue weighted by Crippen LogP contribution is 2.31. The fourth-order valence-electron chi connectivity index (χ4n) is 3.69. The summed E-state index contributed by atoms with van der Waals surface area (Å²) in [5.41, 5.74) is 0.828. The number of aryl methyl sites for hydroxylation is 1. The molecule has 142 valence electrons. The Morgan fingerprint density at radius 2 is 2.11 bits per heavy atom. The molecule has 9 nitrogen and oxygen atoms in total. The third-order valence-electron chi connectivity index (χ3n) is 5.01. The smallest absolute Gasteiger partial charge is 0.410 e. The zero-order valence-electron chi connectivity index (χ0n) is 15.4. The molecule has 2 aliphatic rings. The van der Waals surface area contributed by atoms with Gasteiger partial charge in [-0.2, -0.15) is 5.10 Å². The van der Waals surface area contributed by atoms with Crippen LogP contribution in [0.3, 0.4) is 0 Å². The van der Waals surface area contributed by atoms with Gasteiger partial charge in [0.2, 0.25) is 0 Å². The topological polar surface area (TPSA) is 92.6 Å². The van der Waals surface area contributed by atoms with Gasteiger partial charge in [0.1, 0.15) is 17.1 Å². The maximum absolute atomic E-state index is 12.8. The first-order valence-corrected chi connectivity index (χ1v) is 8.91. The second kappa shape index (κ2) is 6.57. The number of pyridine rings is 1. The number of rotatable bonds is 2. The van der Waals surface area contributed by atoms with Crippen LogP contribution in [0.2, 0.25) is 0 Å². The summed E-state index contributed by atoms with van der Waals surface area (Å²) in [7, 11) is 3.48. The normalized spacial score (nSPS) is 22.2. The molecule has 2 saturated heterocycles. The van der Waals surface area contributed by atoms with Crippen LogP contribution in [0.1, 0.15) is 12.8 Å². The van der Waals surface area contributed by atoms with E-state index in [1.54, 1.807) is 40.8 Å². The van der Waals surface area contributed by atoms with E-state index in [2.05, 4.69) is 15.4 Å². The summed E-state index contributed by atoms with van der Waals surface area (Å²) in [4.78, 5) is 32.1. The fourth-order valence-corrected chi connectivity index (χ4v) is 3.69. The Labute approximate surface area is 156 Å². The van der Waals surface area contributed by atoms with E-state index in [0.717, 1.165) is 18.5 Å². The van der Waals surface area contributed by atoms with Crippen molar-refractivity contribution < 1.29 is 14.3 Å². The molecule has 0 radical (unpaired) electrons. The molecule has 1 spiro atoms. The number of piperidine rings is 1. The van der Waals surface area contributed by atoms with Crippen molar-refractivity contribution in [3.8, 4) is 11.4 Å².